The van der Waals surface area contributed by atoms with Crippen LogP contribution in [-0.2, 0) is 0 Å². The van der Waals surface area contributed by atoms with Gasteiger partial charge in [-0.1, -0.05) is 6.92 Å². The van der Waals surface area contributed by atoms with Gasteiger partial charge in [0.1, 0.15) is 5.76 Å². The van der Waals surface area contributed by atoms with E-state index in [1.54, 1.807) is 17.8 Å². The van der Waals surface area contributed by atoms with Gasteiger partial charge in [-0.15, -0.1) is 0 Å². The molecule has 0 bridgehead atoms. The summed E-state index contributed by atoms with van der Waals surface area (Å²) in [5.41, 5.74) is 0. The van der Waals surface area contributed by atoms with Crippen LogP contribution in [0, 0.1) is 0 Å². The van der Waals surface area contributed by atoms with Gasteiger partial charge < -0.3 is 9.52 Å². The third-order valence-corrected chi connectivity index (χ3v) is 3.19. The summed E-state index contributed by atoms with van der Waals surface area (Å²) in [5, 5.41) is 8.88. The Morgan fingerprint density at radius 3 is 2.86 bits per heavy atom. The summed E-state index contributed by atoms with van der Waals surface area (Å²) in [6, 6.07) is 3.23. The Labute approximate surface area is 87.5 Å². The van der Waals surface area contributed by atoms with Gasteiger partial charge in [-0.25, -0.2) is 4.79 Å². The van der Waals surface area contributed by atoms with Crippen molar-refractivity contribution in [2.24, 2.45) is 0 Å². The van der Waals surface area contributed by atoms with Crippen molar-refractivity contribution in [1.82, 2.24) is 0 Å². The number of rotatable bonds is 5. The first-order valence-electron chi connectivity index (χ1n) is 4.59. The minimum absolute atomic E-state index is 0.0175. The van der Waals surface area contributed by atoms with Crippen LogP contribution < -0.4 is 0 Å². The molecule has 1 atom stereocenters. The number of carboxylic acids is 1. The lowest BCUT2D eigenvalue weighted by atomic mass is 10.3. The van der Waals surface area contributed by atoms with E-state index < -0.39 is 5.97 Å². The van der Waals surface area contributed by atoms with Crippen LogP contribution in [0.2, 0.25) is 0 Å². The molecule has 14 heavy (non-hydrogen) atoms. The number of thioether (sulfide) groups is 1. The molecule has 4 heteroatoms. The molecule has 1 aromatic rings. The first kappa shape index (κ1) is 11.2. The van der Waals surface area contributed by atoms with Crippen LogP contribution in [0.15, 0.2) is 16.5 Å². The number of aromatic carboxylic acids is 1. The number of hydrogen-bond acceptors (Lipinski definition) is 3. The second-order valence-electron chi connectivity index (χ2n) is 3.02. The van der Waals surface area contributed by atoms with E-state index in [1.807, 2.05) is 6.92 Å². The summed E-state index contributed by atoms with van der Waals surface area (Å²) in [7, 11) is 0. The summed E-state index contributed by atoms with van der Waals surface area (Å²) in [6.07, 6.45) is 1.11. The molecule has 0 amide bonds. The highest BCUT2D eigenvalue weighted by Gasteiger charge is 2.13. The Bertz CT molecular complexity index is 306. The molecule has 1 heterocycles. The number of carboxylic acid groups (broad SMARTS) is 1. The van der Waals surface area contributed by atoms with E-state index >= 15 is 0 Å². The van der Waals surface area contributed by atoms with Crippen LogP contribution in [-0.4, -0.2) is 16.8 Å². The van der Waals surface area contributed by atoms with E-state index in [1.165, 1.54) is 6.07 Å². The smallest absolute Gasteiger partial charge is 0.371 e. The first-order valence-corrected chi connectivity index (χ1v) is 5.64. The third-order valence-electron chi connectivity index (χ3n) is 1.81. The quantitative estimate of drug-likeness (QED) is 0.817. The van der Waals surface area contributed by atoms with Gasteiger partial charge in [-0.3, -0.25) is 0 Å². The Hall–Kier alpha value is -0.900. The van der Waals surface area contributed by atoms with Crippen molar-refractivity contribution in [2.75, 3.05) is 5.75 Å². The molecule has 0 spiro atoms. The first-order chi connectivity index (χ1) is 6.65. The van der Waals surface area contributed by atoms with Crippen LogP contribution in [0.5, 0.6) is 0 Å². The molecule has 0 aliphatic rings. The molecule has 1 unspecified atom stereocenters. The molecule has 78 valence electrons. The highest BCUT2D eigenvalue weighted by molar-refractivity contribution is 7.99. The lowest BCUT2D eigenvalue weighted by molar-refractivity contribution is 0.0660. The van der Waals surface area contributed by atoms with Crippen LogP contribution in [0.3, 0.4) is 0 Å². The molecule has 1 rings (SSSR count). The maximum absolute atomic E-state index is 10.6. The Morgan fingerprint density at radius 1 is 1.64 bits per heavy atom. The third kappa shape index (κ3) is 2.80. The second kappa shape index (κ2) is 5.10. The molecule has 0 saturated heterocycles. The number of carbonyl (C=O) groups is 1. The van der Waals surface area contributed by atoms with Crippen molar-refractivity contribution >= 4 is 17.7 Å². The topological polar surface area (TPSA) is 50.4 Å². The van der Waals surface area contributed by atoms with Gasteiger partial charge >= 0.3 is 5.97 Å². The highest BCUT2D eigenvalue weighted by atomic mass is 32.2. The van der Waals surface area contributed by atoms with E-state index in [2.05, 4.69) is 6.92 Å². The molecule has 3 nitrogen and oxygen atoms in total. The molecule has 0 aliphatic carbocycles. The zero-order valence-electron chi connectivity index (χ0n) is 8.32. The van der Waals surface area contributed by atoms with Gasteiger partial charge in [0, 0.05) is 0 Å². The van der Waals surface area contributed by atoms with Gasteiger partial charge in [-0.2, -0.15) is 11.8 Å². The van der Waals surface area contributed by atoms with Crippen molar-refractivity contribution in [3.63, 3.8) is 0 Å². The Morgan fingerprint density at radius 2 is 2.36 bits per heavy atom. The average Bonchev–Trinajstić information content (AvgIpc) is 2.62. The Kier molecular flexibility index (Phi) is 4.07. The van der Waals surface area contributed by atoms with Crippen LogP contribution in [0.1, 0.15) is 41.8 Å². The zero-order valence-corrected chi connectivity index (χ0v) is 9.13. The van der Waals surface area contributed by atoms with Gasteiger partial charge in [0.25, 0.3) is 0 Å². The molecule has 0 aliphatic heterocycles. The summed E-state index contributed by atoms with van der Waals surface area (Å²) in [6.45, 7) is 4.13. The predicted molar refractivity (Wildman–Crippen MR) is 56.8 cm³/mol. The molecule has 1 N–H and O–H groups in total. The SMILES string of the molecule is CCCSC(C)c1ccc(C(=O)O)o1. The molecule has 0 radical (unpaired) electrons. The average molecular weight is 214 g/mol. The lowest BCUT2D eigenvalue weighted by Crippen LogP contribution is -1.92. The van der Waals surface area contributed by atoms with Crippen LogP contribution in [0.25, 0.3) is 0 Å². The van der Waals surface area contributed by atoms with Crippen molar-refractivity contribution in [1.29, 1.82) is 0 Å². The molecule has 0 aromatic carbocycles. The summed E-state index contributed by atoms with van der Waals surface area (Å²) in [5.74, 6) is 0.804. The fourth-order valence-electron chi connectivity index (χ4n) is 1.06. The normalized spacial score (nSPS) is 12.7. The number of hydrogen-bond donors (Lipinski definition) is 1. The van der Waals surface area contributed by atoms with Gasteiger partial charge in [0.2, 0.25) is 5.76 Å². The van der Waals surface area contributed by atoms with Crippen LogP contribution >= 0.6 is 11.8 Å². The standard InChI is InChI=1S/C10H14O3S/c1-3-6-14-7(2)8-4-5-9(13-8)10(11)12/h4-5,7H,3,6H2,1-2H3,(H,11,12). The molecular formula is C10H14O3S. The molecular weight excluding hydrogens is 200 g/mol. The Balaban J connectivity index is 2.61. The van der Waals surface area contributed by atoms with E-state index in [4.69, 9.17) is 9.52 Å². The van der Waals surface area contributed by atoms with Gasteiger partial charge in [0.15, 0.2) is 0 Å². The van der Waals surface area contributed by atoms with Gasteiger partial charge in [0.05, 0.1) is 5.25 Å². The zero-order chi connectivity index (χ0) is 10.6. The van der Waals surface area contributed by atoms with E-state index in [-0.39, 0.29) is 11.0 Å². The van der Waals surface area contributed by atoms with E-state index in [0.29, 0.717) is 0 Å². The fraction of sp³-hybridized carbons (Fsp3) is 0.500. The summed E-state index contributed by atoms with van der Waals surface area (Å²) in [4.78, 5) is 10.6. The minimum Gasteiger partial charge on any atom is -0.475 e. The monoisotopic (exact) mass is 214 g/mol. The lowest BCUT2D eigenvalue weighted by Gasteiger charge is -2.06. The molecule has 1 aromatic heterocycles. The van der Waals surface area contributed by atoms with Crippen molar-refractivity contribution in [2.45, 2.75) is 25.5 Å². The maximum Gasteiger partial charge on any atom is 0.371 e. The van der Waals surface area contributed by atoms with Crippen molar-refractivity contribution < 1.29 is 14.3 Å². The maximum atomic E-state index is 10.6. The summed E-state index contributed by atoms with van der Waals surface area (Å²) >= 11 is 1.77. The largest absolute Gasteiger partial charge is 0.475 e. The molecule has 0 fully saturated rings. The van der Waals surface area contributed by atoms with Crippen molar-refractivity contribution in [3.05, 3.63) is 23.7 Å². The molecule has 0 saturated carbocycles. The van der Waals surface area contributed by atoms with Gasteiger partial charge in [-0.05, 0) is 31.2 Å². The number of furan rings is 1. The fourth-order valence-corrected chi connectivity index (χ4v) is 1.94. The summed E-state index contributed by atoms with van der Waals surface area (Å²) < 4.78 is 5.18. The van der Waals surface area contributed by atoms with E-state index in [9.17, 15) is 4.79 Å². The van der Waals surface area contributed by atoms with Crippen molar-refractivity contribution in [3.8, 4) is 0 Å². The van der Waals surface area contributed by atoms with Crippen LogP contribution in [0.4, 0.5) is 0 Å². The predicted octanol–water partition coefficient (Wildman–Crippen LogP) is 3.18. The second-order valence-corrected chi connectivity index (χ2v) is 4.47. The minimum atomic E-state index is -1.01. The highest BCUT2D eigenvalue weighted by Crippen LogP contribution is 2.29. The van der Waals surface area contributed by atoms with E-state index in [0.717, 1.165) is 17.9 Å².